The van der Waals surface area contributed by atoms with Crippen LogP contribution < -0.4 is 5.32 Å². The van der Waals surface area contributed by atoms with Gasteiger partial charge in [-0.25, -0.2) is 4.39 Å². The number of halogens is 2. The standard InChI is InChI=1S/C23H28ClFN2O2S/c1-3-21(23(29)26-4-2)27(14-13-17-9-6-5-7-10-17)22(28)16-30-15-18-19(24)11-8-12-20(18)25/h5-12,21H,3-4,13-16H2,1-2H3,(H,26,29)/t21-/m1/s1. The van der Waals surface area contributed by atoms with Gasteiger partial charge in [-0.2, -0.15) is 0 Å². The molecule has 0 saturated heterocycles. The molecule has 0 fully saturated rings. The molecule has 0 bridgehead atoms. The third-order valence-electron chi connectivity index (χ3n) is 4.75. The molecule has 0 heterocycles. The Morgan fingerprint density at radius 3 is 2.50 bits per heavy atom. The van der Waals surface area contributed by atoms with E-state index in [9.17, 15) is 14.0 Å². The molecule has 0 aliphatic carbocycles. The number of likely N-dealkylation sites (N-methyl/N-ethyl adjacent to an activating group) is 1. The zero-order valence-electron chi connectivity index (χ0n) is 17.4. The van der Waals surface area contributed by atoms with Crippen LogP contribution in [-0.2, 0) is 21.8 Å². The predicted molar refractivity (Wildman–Crippen MR) is 122 cm³/mol. The fourth-order valence-electron chi connectivity index (χ4n) is 3.18. The van der Waals surface area contributed by atoms with E-state index >= 15 is 0 Å². The van der Waals surface area contributed by atoms with Crippen LogP contribution in [0.3, 0.4) is 0 Å². The van der Waals surface area contributed by atoms with E-state index in [1.165, 1.54) is 17.8 Å². The van der Waals surface area contributed by atoms with Gasteiger partial charge in [0.25, 0.3) is 0 Å². The highest BCUT2D eigenvalue weighted by Gasteiger charge is 2.27. The Kier molecular flexibility index (Phi) is 10.2. The molecule has 7 heteroatoms. The van der Waals surface area contributed by atoms with Crippen LogP contribution in [-0.4, -0.2) is 41.6 Å². The highest BCUT2D eigenvalue weighted by molar-refractivity contribution is 7.99. The van der Waals surface area contributed by atoms with E-state index in [-0.39, 0.29) is 23.4 Å². The monoisotopic (exact) mass is 450 g/mol. The molecular formula is C23H28ClFN2O2S. The maximum atomic E-state index is 14.0. The van der Waals surface area contributed by atoms with Crippen LogP contribution in [0.15, 0.2) is 48.5 Å². The summed E-state index contributed by atoms with van der Waals surface area (Å²) in [4.78, 5) is 27.2. The van der Waals surface area contributed by atoms with Crippen molar-refractivity contribution in [1.29, 1.82) is 0 Å². The summed E-state index contributed by atoms with van der Waals surface area (Å²) in [5.41, 5.74) is 1.50. The Bertz CT molecular complexity index is 815. The molecule has 0 spiro atoms. The predicted octanol–water partition coefficient (Wildman–Crippen LogP) is 4.70. The maximum Gasteiger partial charge on any atom is 0.242 e. The third-order valence-corrected chi connectivity index (χ3v) is 6.05. The minimum absolute atomic E-state index is 0.138. The third kappa shape index (κ3) is 7.03. The van der Waals surface area contributed by atoms with Gasteiger partial charge in [0.15, 0.2) is 0 Å². The zero-order valence-corrected chi connectivity index (χ0v) is 18.9. The number of hydrogen-bond donors (Lipinski definition) is 1. The summed E-state index contributed by atoms with van der Waals surface area (Å²) in [5.74, 6) is -0.223. The number of amides is 2. The average Bonchev–Trinajstić information content (AvgIpc) is 2.74. The number of thioether (sulfide) groups is 1. The van der Waals surface area contributed by atoms with Gasteiger partial charge in [0.05, 0.1) is 5.75 Å². The molecule has 2 aromatic carbocycles. The van der Waals surface area contributed by atoms with Gasteiger partial charge < -0.3 is 10.2 Å². The minimum atomic E-state index is -0.529. The van der Waals surface area contributed by atoms with E-state index < -0.39 is 6.04 Å². The summed E-state index contributed by atoms with van der Waals surface area (Å²) in [5, 5.41) is 3.17. The quantitative estimate of drug-likeness (QED) is 0.540. The van der Waals surface area contributed by atoms with Gasteiger partial charge in [0.1, 0.15) is 11.9 Å². The SMILES string of the molecule is CCNC(=O)[C@@H](CC)N(CCc1ccccc1)C(=O)CSCc1c(F)cccc1Cl. The number of nitrogens with zero attached hydrogens (tertiary/aromatic N) is 1. The second-order valence-corrected chi connectivity index (χ2v) is 8.23. The molecule has 4 nitrogen and oxygen atoms in total. The molecule has 1 atom stereocenters. The van der Waals surface area contributed by atoms with Gasteiger partial charge in [-0.05, 0) is 37.5 Å². The van der Waals surface area contributed by atoms with Crippen molar-refractivity contribution in [3.8, 4) is 0 Å². The van der Waals surface area contributed by atoms with Gasteiger partial charge in [-0.3, -0.25) is 9.59 Å². The van der Waals surface area contributed by atoms with E-state index in [0.717, 1.165) is 5.56 Å². The Labute approximate surface area is 187 Å². The fraction of sp³-hybridized carbons (Fsp3) is 0.391. The van der Waals surface area contributed by atoms with E-state index in [0.29, 0.717) is 42.3 Å². The van der Waals surface area contributed by atoms with Crippen molar-refractivity contribution < 1.29 is 14.0 Å². The lowest BCUT2D eigenvalue weighted by Gasteiger charge is -2.30. The first-order valence-electron chi connectivity index (χ1n) is 10.1. The summed E-state index contributed by atoms with van der Waals surface area (Å²) in [6, 6.07) is 13.9. The zero-order chi connectivity index (χ0) is 21.9. The molecule has 1 N–H and O–H groups in total. The second-order valence-electron chi connectivity index (χ2n) is 6.83. The van der Waals surface area contributed by atoms with Crippen molar-refractivity contribution >= 4 is 35.2 Å². The summed E-state index contributed by atoms with van der Waals surface area (Å²) < 4.78 is 14.0. The van der Waals surface area contributed by atoms with E-state index in [2.05, 4.69) is 5.32 Å². The topological polar surface area (TPSA) is 49.4 Å². The lowest BCUT2D eigenvalue weighted by molar-refractivity contribution is -0.138. The Hall–Kier alpha value is -2.05. The summed E-state index contributed by atoms with van der Waals surface area (Å²) >= 11 is 7.37. The van der Waals surface area contributed by atoms with Gasteiger partial charge >= 0.3 is 0 Å². The highest BCUT2D eigenvalue weighted by Crippen LogP contribution is 2.24. The van der Waals surface area contributed by atoms with E-state index in [4.69, 9.17) is 11.6 Å². The first-order valence-corrected chi connectivity index (χ1v) is 11.6. The van der Waals surface area contributed by atoms with Crippen LogP contribution >= 0.6 is 23.4 Å². The van der Waals surface area contributed by atoms with Crippen LogP contribution in [0.5, 0.6) is 0 Å². The molecular weight excluding hydrogens is 423 g/mol. The average molecular weight is 451 g/mol. The van der Waals surface area contributed by atoms with Crippen molar-refractivity contribution in [2.45, 2.75) is 38.5 Å². The van der Waals surface area contributed by atoms with Crippen LogP contribution in [0, 0.1) is 5.82 Å². The Morgan fingerprint density at radius 1 is 1.13 bits per heavy atom. The highest BCUT2D eigenvalue weighted by atomic mass is 35.5. The largest absolute Gasteiger partial charge is 0.355 e. The summed E-state index contributed by atoms with van der Waals surface area (Å²) in [6.07, 6.45) is 1.18. The fourth-order valence-corrected chi connectivity index (χ4v) is 4.43. The maximum absolute atomic E-state index is 14.0. The Morgan fingerprint density at radius 2 is 1.87 bits per heavy atom. The van der Waals surface area contributed by atoms with Crippen molar-refractivity contribution in [3.05, 3.63) is 70.5 Å². The lowest BCUT2D eigenvalue weighted by atomic mass is 10.1. The van der Waals surface area contributed by atoms with Crippen LogP contribution in [0.25, 0.3) is 0 Å². The molecule has 0 unspecified atom stereocenters. The van der Waals surface area contributed by atoms with Crippen molar-refractivity contribution in [1.82, 2.24) is 10.2 Å². The normalized spacial score (nSPS) is 11.7. The molecule has 0 radical (unpaired) electrons. The van der Waals surface area contributed by atoms with Gasteiger partial charge in [-0.15, -0.1) is 11.8 Å². The number of carbonyl (C=O) groups is 2. The number of rotatable bonds is 11. The van der Waals surface area contributed by atoms with Gasteiger partial charge in [0, 0.05) is 29.4 Å². The second kappa shape index (κ2) is 12.6. The number of nitrogens with one attached hydrogen (secondary N) is 1. The van der Waals surface area contributed by atoms with E-state index in [1.54, 1.807) is 17.0 Å². The summed E-state index contributed by atoms with van der Waals surface area (Å²) in [6.45, 7) is 4.71. The molecule has 2 rings (SSSR count). The number of carbonyl (C=O) groups excluding carboxylic acids is 2. The smallest absolute Gasteiger partial charge is 0.242 e. The van der Waals surface area contributed by atoms with Crippen molar-refractivity contribution in [3.63, 3.8) is 0 Å². The summed E-state index contributed by atoms with van der Waals surface area (Å²) in [7, 11) is 0. The number of hydrogen-bond acceptors (Lipinski definition) is 3. The first-order chi connectivity index (χ1) is 14.5. The Balaban J connectivity index is 2.07. The lowest BCUT2D eigenvalue weighted by Crippen LogP contribution is -2.50. The van der Waals surface area contributed by atoms with Gasteiger partial charge in [0.2, 0.25) is 11.8 Å². The van der Waals surface area contributed by atoms with Crippen LogP contribution in [0.1, 0.15) is 31.4 Å². The van der Waals surface area contributed by atoms with Crippen molar-refractivity contribution in [2.75, 3.05) is 18.8 Å². The minimum Gasteiger partial charge on any atom is -0.355 e. The van der Waals surface area contributed by atoms with Crippen LogP contribution in [0.2, 0.25) is 5.02 Å². The number of benzene rings is 2. The molecule has 2 aromatic rings. The molecule has 0 aliphatic heterocycles. The molecule has 30 heavy (non-hydrogen) atoms. The molecule has 2 amide bonds. The van der Waals surface area contributed by atoms with E-state index in [1.807, 2.05) is 44.2 Å². The van der Waals surface area contributed by atoms with Gasteiger partial charge in [-0.1, -0.05) is 54.9 Å². The molecule has 0 aromatic heterocycles. The molecule has 0 saturated carbocycles. The first kappa shape index (κ1) is 24.2. The molecule has 162 valence electrons. The van der Waals surface area contributed by atoms with Crippen LogP contribution in [0.4, 0.5) is 4.39 Å². The van der Waals surface area contributed by atoms with Crippen molar-refractivity contribution in [2.24, 2.45) is 0 Å². The molecule has 0 aliphatic rings.